The fourth-order valence-electron chi connectivity index (χ4n) is 2.26. The fourth-order valence-corrected chi connectivity index (χ4v) is 2.69. The molecule has 0 fully saturated rings. The maximum absolute atomic E-state index is 13.9. The number of rotatable bonds is 6. The maximum Gasteiger partial charge on any atom is 0.441 e. The highest BCUT2D eigenvalue weighted by Crippen LogP contribution is 2.35. The van der Waals surface area contributed by atoms with Crippen LogP contribution in [0.2, 0.25) is 10.0 Å². The van der Waals surface area contributed by atoms with E-state index in [2.05, 4.69) is 9.72 Å². The summed E-state index contributed by atoms with van der Waals surface area (Å²) in [6.45, 7) is 0. The number of esters is 1. The van der Waals surface area contributed by atoms with Crippen LogP contribution in [0.25, 0.3) is 0 Å². The molecular formula is C17H14Cl2F3N3O3. The molecule has 0 radical (unpaired) electrons. The molecule has 150 valence electrons. The molecule has 0 saturated heterocycles. The van der Waals surface area contributed by atoms with Gasteiger partial charge in [-0.1, -0.05) is 53.5 Å². The van der Waals surface area contributed by atoms with Gasteiger partial charge in [0.2, 0.25) is 5.91 Å². The van der Waals surface area contributed by atoms with Crippen LogP contribution in [-0.4, -0.2) is 35.8 Å². The second kappa shape index (κ2) is 8.66. The molecule has 0 spiro atoms. The highest BCUT2D eigenvalue weighted by molar-refractivity contribution is 6.36. The molecule has 11 heteroatoms. The van der Waals surface area contributed by atoms with Gasteiger partial charge in [-0.25, -0.2) is 9.78 Å². The van der Waals surface area contributed by atoms with Crippen molar-refractivity contribution in [3.63, 3.8) is 0 Å². The van der Waals surface area contributed by atoms with Gasteiger partial charge in [0.1, 0.15) is 5.82 Å². The van der Waals surface area contributed by atoms with E-state index in [-0.39, 0.29) is 10.0 Å². The number of methoxy groups -OCH3 is 1. The molecule has 28 heavy (non-hydrogen) atoms. The summed E-state index contributed by atoms with van der Waals surface area (Å²) >= 11 is 11.5. The van der Waals surface area contributed by atoms with E-state index in [1.54, 1.807) is 35.6 Å². The monoisotopic (exact) mass is 435 g/mol. The average Bonchev–Trinajstić information content (AvgIpc) is 2.62. The normalized spacial score (nSPS) is 13.4. The number of nitrogens with zero attached hydrogens (tertiary/aromatic N) is 1. The minimum absolute atomic E-state index is 0.0688. The number of hydrogen-bond acceptors (Lipinski definition) is 5. The molecule has 1 amide bonds. The molecule has 1 aromatic carbocycles. The smallest absolute Gasteiger partial charge is 0.441 e. The predicted molar refractivity (Wildman–Crippen MR) is 97.0 cm³/mol. The van der Waals surface area contributed by atoms with Crippen LogP contribution in [-0.2, 0) is 20.7 Å². The molecule has 6 nitrogen and oxygen atoms in total. The highest BCUT2D eigenvalue weighted by Gasteiger charge is 2.63. The van der Waals surface area contributed by atoms with E-state index in [4.69, 9.17) is 23.2 Å². The Bertz CT molecular complexity index is 866. The first-order chi connectivity index (χ1) is 13.1. The van der Waals surface area contributed by atoms with Gasteiger partial charge in [0.15, 0.2) is 0 Å². The minimum atomic E-state index is -5.29. The summed E-state index contributed by atoms with van der Waals surface area (Å²) in [5.74, 6) is -3.39. The van der Waals surface area contributed by atoms with Crippen LogP contribution < -0.4 is 10.6 Å². The largest absolute Gasteiger partial charge is 0.466 e. The van der Waals surface area contributed by atoms with Crippen LogP contribution >= 0.6 is 23.2 Å². The number of anilines is 1. The molecule has 0 saturated carbocycles. The van der Waals surface area contributed by atoms with Crippen molar-refractivity contribution in [2.24, 2.45) is 0 Å². The van der Waals surface area contributed by atoms with Crippen LogP contribution in [0, 0.1) is 0 Å². The van der Waals surface area contributed by atoms with E-state index in [0.29, 0.717) is 5.56 Å². The van der Waals surface area contributed by atoms with E-state index < -0.39 is 36.0 Å². The lowest BCUT2D eigenvalue weighted by Gasteiger charge is -2.34. The van der Waals surface area contributed by atoms with Crippen LogP contribution in [0.4, 0.5) is 19.0 Å². The molecule has 0 aliphatic rings. The lowest BCUT2D eigenvalue weighted by atomic mass is 10.1. The molecule has 1 atom stereocenters. The summed E-state index contributed by atoms with van der Waals surface area (Å²) in [4.78, 5) is 28.1. The lowest BCUT2D eigenvalue weighted by Crippen LogP contribution is -2.69. The number of amides is 1. The van der Waals surface area contributed by atoms with Gasteiger partial charge in [0.05, 0.1) is 23.6 Å². The first-order valence-electron chi connectivity index (χ1n) is 7.68. The summed E-state index contributed by atoms with van der Waals surface area (Å²) in [6.07, 6.45) is -4.67. The Kier molecular flexibility index (Phi) is 6.73. The Hall–Kier alpha value is -2.52. The van der Waals surface area contributed by atoms with Gasteiger partial charge in [-0.15, -0.1) is 0 Å². The van der Waals surface area contributed by atoms with Crippen molar-refractivity contribution in [3.8, 4) is 0 Å². The number of alkyl halides is 3. The van der Waals surface area contributed by atoms with Gasteiger partial charge in [-0.2, -0.15) is 13.2 Å². The standard InChI is InChI=1S/C17H14Cl2F3N3O3/c1-28-15(27)16(17(20,21)22,25-14-12(19)8-11(18)9-23-14)24-13(26)7-10-5-3-2-4-6-10/h2-6,8-9H,7H2,1H3,(H,23,25)(H,24,26)/t16-/m1/s1. The highest BCUT2D eigenvalue weighted by atomic mass is 35.5. The zero-order chi connectivity index (χ0) is 20.9. The van der Waals surface area contributed by atoms with E-state index in [0.717, 1.165) is 19.4 Å². The van der Waals surface area contributed by atoms with Crippen molar-refractivity contribution in [1.82, 2.24) is 10.3 Å². The average molecular weight is 436 g/mol. The SMILES string of the molecule is COC(=O)[C@@](NC(=O)Cc1ccccc1)(Nc1ncc(Cl)cc1Cl)C(F)(F)F. The molecule has 1 heterocycles. The summed E-state index contributed by atoms with van der Waals surface area (Å²) in [5, 5.41) is 3.32. The second-order valence-corrected chi connectivity index (χ2v) is 6.40. The topological polar surface area (TPSA) is 80.3 Å². The van der Waals surface area contributed by atoms with Gasteiger partial charge >= 0.3 is 17.8 Å². The Balaban J connectivity index is 2.42. The van der Waals surface area contributed by atoms with Crippen LogP contribution in [0.15, 0.2) is 42.6 Å². The van der Waals surface area contributed by atoms with Gasteiger partial charge < -0.3 is 15.4 Å². The number of pyridine rings is 1. The molecule has 2 rings (SSSR count). The van der Waals surface area contributed by atoms with Crippen LogP contribution in [0.3, 0.4) is 0 Å². The number of ether oxygens (including phenoxy) is 1. The van der Waals surface area contributed by atoms with E-state index in [1.807, 2.05) is 5.32 Å². The second-order valence-electron chi connectivity index (χ2n) is 5.56. The molecule has 0 bridgehead atoms. The van der Waals surface area contributed by atoms with Crippen molar-refractivity contribution < 1.29 is 27.5 Å². The predicted octanol–water partition coefficient (Wildman–Crippen LogP) is 3.59. The first-order valence-corrected chi connectivity index (χ1v) is 8.44. The number of carbonyl (C=O) groups excluding carboxylic acids is 2. The van der Waals surface area contributed by atoms with Crippen molar-refractivity contribution in [1.29, 1.82) is 0 Å². The summed E-state index contributed by atoms with van der Waals surface area (Å²) in [7, 11) is 0.755. The maximum atomic E-state index is 13.9. The number of hydrogen-bond donors (Lipinski definition) is 2. The molecule has 2 N–H and O–H groups in total. The van der Waals surface area contributed by atoms with Crippen molar-refractivity contribution >= 4 is 40.9 Å². The number of nitrogens with one attached hydrogen (secondary N) is 2. The Morgan fingerprint density at radius 2 is 1.82 bits per heavy atom. The number of carbonyl (C=O) groups is 2. The van der Waals surface area contributed by atoms with Crippen molar-refractivity contribution in [3.05, 3.63) is 58.2 Å². The zero-order valence-electron chi connectivity index (χ0n) is 14.3. The fraction of sp³-hybridized carbons (Fsp3) is 0.235. The van der Waals surface area contributed by atoms with E-state index >= 15 is 0 Å². The summed E-state index contributed by atoms with van der Waals surface area (Å²) < 4.78 is 46.1. The third kappa shape index (κ3) is 4.85. The summed E-state index contributed by atoms with van der Waals surface area (Å²) in [5.41, 5.74) is -3.17. The number of aromatic nitrogens is 1. The minimum Gasteiger partial charge on any atom is -0.466 e. The van der Waals surface area contributed by atoms with Gasteiger partial charge in [-0.3, -0.25) is 4.79 Å². The zero-order valence-corrected chi connectivity index (χ0v) is 15.8. The Morgan fingerprint density at radius 3 is 2.36 bits per heavy atom. The third-order valence-electron chi connectivity index (χ3n) is 3.56. The first kappa shape index (κ1) is 21.8. The van der Waals surface area contributed by atoms with Gasteiger partial charge in [0.25, 0.3) is 0 Å². The third-order valence-corrected chi connectivity index (χ3v) is 4.06. The van der Waals surface area contributed by atoms with Crippen molar-refractivity contribution in [2.75, 3.05) is 12.4 Å². The van der Waals surface area contributed by atoms with Crippen LogP contribution in [0.5, 0.6) is 0 Å². The number of halogens is 5. The Morgan fingerprint density at radius 1 is 1.18 bits per heavy atom. The lowest BCUT2D eigenvalue weighted by molar-refractivity contribution is -0.206. The molecule has 1 aromatic heterocycles. The molecule has 0 unspecified atom stereocenters. The molecule has 2 aromatic rings. The van der Waals surface area contributed by atoms with E-state index in [9.17, 15) is 22.8 Å². The van der Waals surface area contributed by atoms with Gasteiger partial charge in [-0.05, 0) is 11.6 Å². The summed E-state index contributed by atoms with van der Waals surface area (Å²) in [6, 6.07) is 9.16. The molecule has 0 aliphatic heterocycles. The number of benzene rings is 1. The quantitative estimate of drug-likeness (QED) is 0.535. The van der Waals surface area contributed by atoms with Crippen molar-refractivity contribution in [2.45, 2.75) is 18.3 Å². The molecular weight excluding hydrogens is 422 g/mol. The Labute approximate surface area is 168 Å². The van der Waals surface area contributed by atoms with E-state index in [1.165, 1.54) is 0 Å². The van der Waals surface area contributed by atoms with Crippen LogP contribution in [0.1, 0.15) is 5.56 Å². The molecule has 0 aliphatic carbocycles. The van der Waals surface area contributed by atoms with Gasteiger partial charge in [0, 0.05) is 6.20 Å².